The van der Waals surface area contributed by atoms with E-state index in [2.05, 4.69) is 51.6 Å². The molecule has 34 heavy (non-hydrogen) atoms. The third-order valence-corrected chi connectivity index (χ3v) is 8.57. The van der Waals surface area contributed by atoms with Gasteiger partial charge in [0.25, 0.3) is 0 Å². The van der Waals surface area contributed by atoms with E-state index in [-0.39, 0.29) is 29.8 Å². The quantitative estimate of drug-likeness (QED) is 0.584. The Kier molecular flexibility index (Phi) is 8.65. The van der Waals surface area contributed by atoms with Crippen LogP contribution in [0.25, 0.3) is 0 Å². The van der Waals surface area contributed by atoms with Gasteiger partial charge >= 0.3 is 0 Å². The summed E-state index contributed by atoms with van der Waals surface area (Å²) >= 11 is 0. The molecule has 1 heterocycles. The number of likely N-dealkylation sites (N-methyl/N-ethyl adjacent to an activating group) is 2. The van der Waals surface area contributed by atoms with Crippen molar-refractivity contribution in [3.8, 4) is 0 Å². The Hall–Kier alpha value is -1.92. The fourth-order valence-corrected chi connectivity index (χ4v) is 6.35. The molecule has 1 unspecified atom stereocenters. The van der Waals surface area contributed by atoms with Gasteiger partial charge in [0.1, 0.15) is 6.04 Å². The summed E-state index contributed by atoms with van der Waals surface area (Å²) in [6.07, 6.45) is 9.93. The van der Waals surface area contributed by atoms with E-state index in [4.69, 9.17) is 0 Å². The molecule has 0 aromatic heterocycles. The Bertz CT molecular complexity index is 812. The highest BCUT2D eigenvalue weighted by Gasteiger charge is 2.39. The van der Waals surface area contributed by atoms with Crippen LogP contribution in [-0.4, -0.2) is 72.5 Å². The van der Waals surface area contributed by atoms with Gasteiger partial charge in [0.2, 0.25) is 11.8 Å². The molecular weight excluding hydrogens is 424 g/mol. The number of nitrogens with zero attached hydrogens (tertiary/aromatic N) is 2. The molecule has 1 aliphatic heterocycles. The molecule has 6 heteroatoms. The Morgan fingerprint density at radius 1 is 1.06 bits per heavy atom. The lowest BCUT2D eigenvalue weighted by Crippen LogP contribution is -2.57. The maximum atomic E-state index is 13.9. The van der Waals surface area contributed by atoms with E-state index in [0.717, 1.165) is 71.0 Å². The first-order chi connectivity index (χ1) is 16.5. The Morgan fingerprint density at radius 3 is 2.35 bits per heavy atom. The highest BCUT2D eigenvalue weighted by atomic mass is 16.2. The summed E-state index contributed by atoms with van der Waals surface area (Å²) in [6.45, 7) is 6.84. The van der Waals surface area contributed by atoms with Gasteiger partial charge in [-0.15, -0.1) is 0 Å². The highest BCUT2D eigenvalue weighted by molar-refractivity contribution is 5.90. The van der Waals surface area contributed by atoms with Crippen molar-refractivity contribution in [2.24, 2.45) is 5.92 Å². The molecule has 0 spiro atoms. The molecule has 2 aliphatic carbocycles. The minimum Gasteiger partial charge on any atom is -0.343 e. The second-order valence-corrected chi connectivity index (χ2v) is 10.6. The zero-order valence-electron chi connectivity index (χ0n) is 21.4. The Morgan fingerprint density at radius 2 is 1.74 bits per heavy atom. The van der Waals surface area contributed by atoms with Crippen LogP contribution in [-0.2, 0) is 22.4 Å². The molecule has 2 N–H and O–H groups in total. The molecule has 6 nitrogen and oxygen atoms in total. The number of carbonyl (C=O) groups is 2. The lowest BCUT2D eigenvalue weighted by molar-refractivity contribution is -0.139. The van der Waals surface area contributed by atoms with Gasteiger partial charge in [-0.05, 0) is 76.1 Å². The average molecular weight is 469 g/mol. The third-order valence-electron chi connectivity index (χ3n) is 8.57. The van der Waals surface area contributed by atoms with Gasteiger partial charge < -0.3 is 15.5 Å². The van der Waals surface area contributed by atoms with Crippen molar-refractivity contribution >= 4 is 11.8 Å². The molecule has 2 amide bonds. The summed E-state index contributed by atoms with van der Waals surface area (Å²) in [5.74, 6) is 0.333. The van der Waals surface area contributed by atoms with Crippen molar-refractivity contribution in [2.75, 3.05) is 26.7 Å². The maximum Gasteiger partial charge on any atom is 0.245 e. The van der Waals surface area contributed by atoms with Gasteiger partial charge in [-0.25, -0.2) is 0 Å². The number of fused-ring (bicyclic) bond motifs is 1. The topological polar surface area (TPSA) is 64.7 Å². The van der Waals surface area contributed by atoms with Crippen LogP contribution < -0.4 is 10.6 Å². The van der Waals surface area contributed by atoms with Crippen molar-refractivity contribution in [1.29, 1.82) is 0 Å². The van der Waals surface area contributed by atoms with Crippen LogP contribution in [0.15, 0.2) is 24.3 Å². The first-order valence-corrected chi connectivity index (χ1v) is 13.6. The number of carbonyl (C=O) groups excluding carboxylic acids is 2. The Balaban J connectivity index is 1.45. The summed E-state index contributed by atoms with van der Waals surface area (Å²) in [4.78, 5) is 31.4. The fourth-order valence-electron chi connectivity index (χ4n) is 6.35. The second kappa shape index (κ2) is 11.7. The molecule has 1 aromatic rings. The number of likely N-dealkylation sites (tertiary alicyclic amines) is 1. The van der Waals surface area contributed by atoms with Gasteiger partial charge in [-0.3, -0.25) is 14.5 Å². The predicted molar refractivity (Wildman–Crippen MR) is 137 cm³/mol. The van der Waals surface area contributed by atoms with Gasteiger partial charge in [-0.2, -0.15) is 0 Å². The van der Waals surface area contributed by atoms with E-state index in [1.807, 2.05) is 6.92 Å². The number of hydrogen-bond acceptors (Lipinski definition) is 4. The van der Waals surface area contributed by atoms with E-state index in [1.54, 1.807) is 7.05 Å². The van der Waals surface area contributed by atoms with Crippen molar-refractivity contribution in [3.05, 3.63) is 35.4 Å². The van der Waals surface area contributed by atoms with Gasteiger partial charge in [0, 0.05) is 25.2 Å². The van der Waals surface area contributed by atoms with E-state index >= 15 is 0 Å². The molecule has 1 saturated heterocycles. The van der Waals surface area contributed by atoms with Crippen LogP contribution >= 0.6 is 0 Å². The van der Waals surface area contributed by atoms with E-state index in [0.29, 0.717) is 6.04 Å². The summed E-state index contributed by atoms with van der Waals surface area (Å²) in [5.41, 5.74) is 2.95. The smallest absolute Gasteiger partial charge is 0.245 e. The second-order valence-electron chi connectivity index (χ2n) is 10.6. The normalized spacial score (nSPS) is 23.2. The van der Waals surface area contributed by atoms with Crippen molar-refractivity contribution in [3.63, 3.8) is 0 Å². The SMILES string of the molecule is CCN(C[C@@H]1CCCN1C(=O)[C@@H](NC(=O)C(C)NC)C1CCCCC1)C1Cc2ccccc2C1. The highest BCUT2D eigenvalue weighted by Crippen LogP contribution is 2.31. The van der Waals surface area contributed by atoms with Gasteiger partial charge in [0.05, 0.1) is 6.04 Å². The van der Waals surface area contributed by atoms with Gasteiger partial charge in [0.15, 0.2) is 0 Å². The molecule has 3 atom stereocenters. The molecule has 2 fully saturated rings. The van der Waals surface area contributed by atoms with Crippen LogP contribution in [0.3, 0.4) is 0 Å². The summed E-state index contributed by atoms with van der Waals surface area (Å²) in [6, 6.07) is 8.87. The largest absolute Gasteiger partial charge is 0.343 e. The maximum absolute atomic E-state index is 13.9. The molecule has 188 valence electrons. The van der Waals surface area contributed by atoms with Gasteiger partial charge in [-0.1, -0.05) is 50.5 Å². The standard InChI is InChI=1S/C28H44N4O2/c1-4-31(25-17-22-13-8-9-14-23(22)18-25)19-24-15-10-16-32(24)28(34)26(21-11-6-5-7-12-21)30-27(33)20(2)29-3/h8-9,13-14,20-21,24-26,29H,4-7,10-12,15-19H2,1-3H3,(H,30,33)/t20?,24-,26-/m0/s1. The molecule has 0 radical (unpaired) electrons. The van der Waals surface area contributed by atoms with Crippen molar-refractivity contribution in [2.45, 2.75) is 95.8 Å². The third kappa shape index (κ3) is 5.65. The molecule has 1 saturated carbocycles. The van der Waals surface area contributed by atoms with Crippen LogP contribution in [0.1, 0.15) is 69.9 Å². The lowest BCUT2D eigenvalue weighted by atomic mass is 9.83. The molecular formula is C28H44N4O2. The molecule has 3 aliphatic rings. The van der Waals surface area contributed by atoms with Crippen LogP contribution in [0, 0.1) is 5.92 Å². The number of benzene rings is 1. The average Bonchev–Trinajstić information content (AvgIpc) is 3.52. The molecule has 0 bridgehead atoms. The number of amides is 2. The first-order valence-electron chi connectivity index (χ1n) is 13.6. The van der Waals surface area contributed by atoms with E-state index < -0.39 is 6.04 Å². The summed E-state index contributed by atoms with van der Waals surface area (Å²) in [5, 5.41) is 6.18. The van der Waals surface area contributed by atoms with Crippen molar-refractivity contribution in [1.82, 2.24) is 20.4 Å². The minimum atomic E-state index is -0.394. The predicted octanol–water partition coefficient (Wildman–Crippen LogP) is 3.14. The molecule has 1 aromatic carbocycles. The van der Waals surface area contributed by atoms with Crippen LogP contribution in [0.4, 0.5) is 0 Å². The molecule has 4 rings (SSSR count). The monoisotopic (exact) mass is 468 g/mol. The zero-order chi connectivity index (χ0) is 24.1. The fraction of sp³-hybridized carbons (Fsp3) is 0.714. The van der Waals surface area contributed by atoms with E-state index in [1.165, 1.54) is 17.5 Å². The summed E-state index contributed by atoms with van der Waals surface area (Å²) in [7, 11) is 1.79. The van der Waals surface area contributed by atoms with Crippen molar-refractivity contribution < 1.29 is 9.59 Å². The lowest BCUT2D eigenvalue weighted by Gasteiger charge is -2.38. The number of rotatable bonds is 9. The number of nitrogens with one attached hydrogen (secondary N) is 2. The van der Waals surface area contributed by atoms with Crippen LogP contribution in [0.5, 0.6) is 0 Å². The minimum absolute atomic E-state index is 0.0684. The van der Waals surface area contributed by atoms with Crippen LogP contribution in [0.2, 0.25) is 0 Å². The zero-order valence-corrected chi connectivity index (χ0v) is 21.4. The summed E-state index contributed by atoms with van der Waals surface area (Å²) < 4.78 is 0. The number of hydrogen-bond donors (Lipinski definition) is 2. The van der Waals surface area contributed by atoms with E-state index in [9.17, 15) is 9.59 Å². The first kappa shape index (κ1) is 25.2. The Labute approximate surface area is 205 Å².